The molecular formula is C14H26N2O3. The molecule has 2 atom stereocenters. The minimum Gasteiger partial charge on any atom is -0.481 e. The Hall–Kier alpha value is -1.26. The number of amides is 2. The molecule has 5 heteroatoms. The van der Waals surface area contributed by atoms with Gasteiger partial charge >= 0.3 is 12.0 Å². The lowest BCUT2D eigenvalue weighted by molar-refractivity contribution is -0.137. The normalized spacial score (nSPS) is 21.6. The van der Waals surface area contributed by atoms with Crippen molar-refractivity contribution in [3.63, 3.8) is 0 Å². The third kappa shape index (κ3) is 5.49. The Morgan fingerprint density at radius 3 is 2.74 bits per heavy atom. The molecule has 0 spiro atoms. The minimum atomic E-state index is -0.817. The first-order valence-electron chi connectivity index (χ1n) is 7.33. The van der Waals surface area contributed by atoms with E-state index in [4.69, 9.17) is 5.11 Å². The predicted octanol–water partition coefficient (Wildman–Crippen LogP) is 2.60. The van der Waals surface area contributed by atoms with Crippen LogP contribution in [0.5, 0.6) is 0 Å². The standard InChI is InChI=1S/C14H26N2O3/c1-3-12-7-5-4-6-10-16(12)14(19)15-11(2)8-9-13(17)18/h11-12H,3-10H2,1-2H3,(H,15,19)(H,17,18). The summed E-state index contributed by atoms with van der Waals surface area (Å²) in [6, 6.07) is 0.199. The van der Waals surface area contributed by atoms with E-state index in [0.717, 1.165) is 25.8 Å². The van der Waals surface area contributed by atoms with E-state index in [1.54, 1.807) is 0 Å². The number of urea groups is 1. The monoisotopic (exact) mass is 270 g/mol. The zero-order valence-corrected chi connectivity index (χ0v) is 12.0. The fourth-order valence-corrected chi connectivity index (χ4v) is 2.58. The van der Waals surface area contributed by atoms with Gasteiger partial charge in [-0.3, -0.25) is 4.79 Å². The number of hydrogen-bond acceptors (Lipinski definition) is 2. The molecule has 2 N–H and O–H groups in total. The van der Waals surface area contributed by atoms with E-state index in [9.17, 15) is 9.59 Å². The summed E-state index contributed by atoms with van der Waals surface area (Å²) < 4.78 is 0. The van der Waals surface area contributed by atoms with Crippen molar-refractivity contribution in [2.45, 2.75) is 70.9 Å². The van der Waals surface area contributed by atoms with Gasteiger partial charge in [-0.1, -0.05) is 19.8 Å². The second-order valence-electron chi connectivity index (χ2n) is 5.39. The SMILES string of the molecule is CCC1CCCCCN1C(=O)NC(C)CCC(=O)O. The first kappa shape index (κ1) is 15.8. The van der Waals surface area contributed by atoms with Gasteiger partial charge in [-0.25, -0.2) is 4.79 Å². The Labute approximate surface area is 115 Å². The fraction of sp³-hybridized carbons (Fsp3) is 0.857. The molecule has 0 bridgehead atoms. The molecule has 0 radical (unpaired) electrons. The molecule has 2 amide bonds. The summed E-state index contributed by atoms with van der Waals surface area (Å²) in [6.45, 7) is 4.79. The number of hydrogen-bond donors (Lipinski definition) is 2. The highest BCUT2D eigenvalue weighted by molar-refractivity contribution is 5.75. The molecule has 1 aliphatic rings. The summed E-state index contributed by atoms with van der Waals surface area (Å²) in [5.41, 5.74) is 0. The van der Waals surface area contributed by atoms with Crippen molar-refractivity contribution in [3.8, 4) is 0 Å². The Kier molecular flexibility index (Phi) is 6.67. The Morgan fingerprint density at radius 1 is 1.37 bits per heavy atom. The van der Waals surface area contributed by atoms with E-state index < -0.39 is 5.97 Å². The lowest BCUT2D eigenvalue weighted by atomic mass is 10.1. The molecule has 0 aromatic heterocycles. The molecule has 0 saturated carbocycles. The van der Waals surface area contributed by atoms with Gasteiger partial charge in [0.1, 0.15) is 0 Å². The molecule has 1 aliphatic heterocycles. The van der Waals surface area contributed by atoms with Crippen LogP contribution in [0.2, 0.25) is 0 Å². The molecule has 1 saturated heterocycles. The summed E-state index contributed by atoms with van der Waals surface area (Å²) in [5.74, 6) is -0.817. The molecule has 0 aromatic carbocycles. The van der Waals surface area contributed by atoms with Crippen molar-refractivity contribution >= 4 is 12.0 Å². The van der Waals surface area contributed by atoms with Crippen LogP contribution in [0.1, 0.15) is 58.8 Å². The van der Waals surface area contributed by atoms with Crippen molar-refractivity contribution in [2.75, 3.05) is 6.54 Å². The first-order valence-corrected chi connectivity index (χ1v) is 7.33. The lowest BCUT2D eigenvalue weighted by Gasteiger charge is -2.30. The second kappa shape index (κ2) is 8.02. The number of likely N-dealkylation sites (tertiary alicyclic amines) is 1. The van der Waals surface area contributed by atoms with E-state index in [2.05, 4.69) is 12.2 Å². The van der Waals surface area contributed by atoms with Gasteiger partial charge in [-0.05, 0) is 32.6 Å². The van der Waals surface area contributed by atoms with Crippen LogP contribution in [-0.2, 0) is 4.79 Å². The van der Waals surface area contributed by atoms with Gasteiger partial charge in [0.05, 0.1) is 0 Å². The molecule has 1 rings (SSSR count). The minimum absolute atomic E-state index is 0.0355. The zero-order valence-electron chi connectivity index (χ0n) is 12.0. The Morgan fingerprint density at radius 2 is 2.11 bits per heavy atom. The number of carboxylic acid groups (broad SMARTS) is 1. The number of nitrogens with zero attached hydrogens (tertiary/aromatic N) is 1. The zero-order chi connectivity index (χ0) is 14.3. The summed E-state index contributed by atoms with van der Waals surface area (Å²) >= 11 is 0. The lowest BCUT2D eigenvalue weighted by Crippen LogP contribution is -2.48. The van der Waals surface area contributed by atoms with Gasteiger partial charge in [-0.15, -0.1) is 0 Å². The highest BCUT2D eigenvalue weighted by Crippen LogP contribution is 2.19. The van der Waals surface area contributed by atoms with Crippen LogP contribution < -0.4 is 5.32 Å². The quantitative estimate of drug-likeness (QED) is 0.806. The van der Waals surface area contributed by atoms with E-state index in [1.807, 2.05) is 11.8 Å². The summed E-state index contributed by atoms with van der Waals surface area (Å²) in [4.78, 5) is 24.7. The number of carboxylic acids is 1. The molecular weight excluding hydrogens is 244 g/mol. The van der Waals surface area contributed by atoms with E-state index in [1.165, 1.54) is 12.8 Å². The number of carbonyl (C=O) groups excluding carboxylic acids is 1. The highest BCUT2D eigenvalue weighted by Gasteiger charge is 2.24. The highest BCUT2D eigenvalue weighted by atomic mass is 16.4. The van der Waals surface area contributed by atoms with E-state index in [0.29, 0.717) is 12.5 Å². The average molecular weight is 270 g/mol. The maximum atomic E-state index is 12.2. The first-order chi connectivity index (χ1) is 9.04. The van der Waals surface area contributed by atoms with Gasteiger partial charge in [0.2, 0.25) is 0 Å². The molecule has 110 valence electrons. The Balaban J connectivity index is 2.47. The van der Waals surface area contributed by atoms with Crippen molar-refractivity contribution in [1.82, 2.24) is 10.2 Å². The van der Waals surface area contributed by atoms with E-state index >= 15 is 0 Å². The average Bonchev–Trinajstić information content (AvgIpc) is 2.61. The van der Waals surface area contributed by atoms with Crippen molar-refractivity contribution in [3.05, 3.63) is 0 Å². The molecule has 5 nitrogen and oxygen atoms in total. The molecule has 1 fully saturated rings. The largest absolute Gasteiger partial charge is 0.481 e. The van der Waals surface area contributed by atoms with Crippen molar-refractivity contribution in [1.29, 1.82) is 0 Å². The van der Waals surface area contributed by atoms with Crippen LogP contribution in [0.25, 0.3) is 0 Å². The molecule has 19 heavy (non-hydrogen) atoms. The Bertz CT molecular complexity index is 307. The number of nitrogens with one attached hydrogen (secondary N) is 1. The second-order valence-corrected chi connectivity index (χ2v) is 5.39. The van der Waals surface area contributed by atoms with Gasteiger partial charge in [0.25, 0.3) is 0 Å². The number of rotatable bonds is 5. The summed E-state index contributed by atoms with van der Waals surface area (Å²) in [7, 11) is 0. The van der Waals surface area contributed by atoms with Crippen LogP contribution in [-0.4, -0.2) is 40.6 Å². The summed E-state index contributed by atoms with van der Waals surface area (Å²) in [6.07, 6.45) is 6.08. The maximum Gasteiger partial charge on any atom is 0.317 e. The maximum absolute atomic E-state index is 12.2. The molecule has 0 aromatic rings. The van der Waals surface area contributed by atoms with Gasteiger partial charge in [-0.2, -0.15) is 0 Å². The van der Waals surface area contributed by atoms with E-state index in [-0.39, 0.29) is 18.5 Å². The van der Waals surface area contributed by atoms with Gasteiger partial charge < -0.3 is 15.3 Å². The topological polar surface area (TPSA) is 69.6 Å². The van der Waals surface area contributed by atoms with Crippen LogP contribution in [0.15, 0.2) is 0 Å². The van der Waals surface area contributed by atoms with Crippen LogP contribution in [0, 0.1) is 0 Å². The van der Waals surface area contributed by atoms with Crippen molar-refractivity contribution < 1.29 is 14.7 Å². The van der Waals surface area contributed by atoms with Crippen LogP contribution in [0.4, 0.5) is 4.79 Å². The van der Waals surface area contributed by atoms with Gasteiger partial charge in [0.15, 0.2) is 0 Å². The third-order valence-corrected chi connectivity index (χ3v) is 3.77. The predicted molar refractivity (Wildman–Crippen MR) is 74.1 cm³/mol. The third-order valence-electron chi connectivity index (χ3n) is 3.77. The molecule has 2 unspecified atom stereocenters. The molecule has 1 heterocycles. The number of carbonyl (C=O) groups is 2. The molecule has 0 aliphatic carbocycles. The number of aliphatic carboxylic acids is 1. The van der Waals surface area contributed by atoms with Gasteiger partial charge in [0, 0.05) is 25.0 Å². The fourth-order valence-electron chi connectivity index (χ4n) is 2.58. The van der Waals surface area contributed by atoms with Crippen LogP contribution >= 0.6 is 0 Å². The van der Waals surface area contributed by atoms with Crippen molar-refractivity contribution in [2.24, 2.45) is 0 Å². The summed E-state index contributed by atoms with van der Waals surface area (Å²) in [5, 5.41) is 11.6. The van der Waals surface area contributed by atoms with Crippen LogP contribution in [0.3, 0.4) is 0 Å². The smallest absolute Gasteiger partial charge is 0.317 e.